The fourth-order valence-electron chi connectivity index (χ4n) is 1.63. The highest BCUT2D eigenvalue weighted by atomic mass is 19.1. The molecule has 1 N–H and O–H groups in total. The molecule has 0 unspecified atom stereocenters. The first kappa shape index (κ1) is 10.9. The zero-order valence-corrected chi connectivity index (χ0v) is 9.84. The van der Waals surface area contributed by atoms with Gasteiger partial charge in [-0.1, -0.05) is 20.8 Å². The lowest BCUT2D eigenvalue weighted by atomic mass is 9.93. The SMILES string of the molecule is CC(C)(C)c1ccc(-c2ccc(F)cc2)[nH]1. The van der Waals surface area contributed by atoms with Crippen molar-refractivity contribution in [3.8, 4) is 11.3 Å². The van der Waals surface area contributed by atoms with Gasteiger partial charge in [0.1, 0.15) is 5.82 Å². The normalized spacial score (nSPS) is 11.8. The molecule has 0 amide bonds. The molecule has 0 saturated carbocycles. The van der Waals surface area contributed by atoms with Gasteiger partial charge in [0.25, 0.3) is 0 Å². The molecule has 1 heterocycles. The summed E-state index contributed by atoms with van der Waals surface area (Å²) in [5.41, 5.74) is 3.34. The van der Waals surface area contributed by atoms with Crippen LogP contribution in [0.1, 0.15) is 26.5 Å². The molecule has 0 spiro atoms. The van der Waals surface area contributed by atoms with Crippen LogP contribution in [0.4, 0.5) is 4.39 Å². The molecule has 0 atom stereocenters. The van der Waals surface area contributed by atoms with Crippen molar-refractivity contribution >= 4 is 0 Å². The van der Waals surface area contributed by atoms with E-state index in [0.717, 1.165) is 11.3 Å². The second-order valence-electron chi connectivity index (χ2n) is 5.04. The maximum absolute atomic E-state index is 12.8. The summed E-state index contributed by atoms with van der Waals surface area (Å²) >= 11 is 0. The lowest BCUT2D eigenvalue weighted by Gasteiger charge is -2.16. The molecule has 1 nitrogen and oxygen atoms in total. The van der Waals surface area contributed by atoms with Crippen molar-refractivity contribution in [3.63, 3.8) is 0 Å². The van der Waals surface area contributed by atoms with Crippen LogP contribution in [-0.4, -0.2) is 4.98 Å². The summed E-state index contributed by atoms with van der Waals surface area (Å²) in [5, 5.41) is 0. The molecule has 2 rings (SSSR count). The van der Waals surface area contributed by atoms with Crippen molar-refractivity contribution in [1.29, 1.82) is 0 Å². The Morgan fingerprint density at radius 2 is 1.56 bits per heavy atom. The van der Waals surface area contributed by atoms with E-state index < -0.39 is 0 Å². The number of nitrogens with one attached hydrogen (secondary N) is 1. The molecule has 2 aromatic rings. The molecule has 0 aliphatic carbocycles. The Kier molecular flexibility index (Phi) is 2.58. The van der Waals surface area contributed by atoms with Crippen molar-refractivity contribution in [3.05, 3.63) is 47.9 Å². The first-order valence-corrected chi connectivity index (χ1v) is 5.42. The van der Waals surface area contributed by atoms with Crippen molar-refractivity contribution < 1.29 is 4.39 Å². The molecule has 1 aromatic heterocycles. The summed E-state index contributed by atoms with van der Waals surface area (Å²) in [7, 11) is 0. The van der Waals surface area contributed by atoms with Crippen LogP contribution < -0.4 is 0 Å². The zero-order valence-electron chi connectivity index (χ0n) is 9.84. The van der Waals surface area contributed by atoms with Gasteiger partial charge >= 0.3 is 0 Å². The van der Waals surface area contributed by atoms with Gasteiger partial charge in [0.2, 0.25) is 0 Å². The molecule has 0 aliphatic heterocycles. The predicted molar refractivity (Wildman–Crippen MR) is 64.9 cm³/mol. The van der Waals surface area contributed by atoms with E-state index in [9.17, 15) is 4.39 Å². The molecule has 0 saturated heterocycles. The van der Waals surface area contributed by atoms with E-state index in [0.29, 0.717) is 0 Å². The number of hydrogen-bond donors (Lipinski definition) is 1. The number of aromatic amines is 1. The molecule has 16 heavy (non-hydrogen) atoms. The topological polar surface area (TPSA) is 15.8 Å². The van der Waals surface area contributed by atoms with Crippen molar-refractivity contribution in [2.45, 2.75) is 26.2 Å². The van der Waals surface area contributed by atoms with Crippen LogP contribution in [0.5, 0.6) is 0 Å². The van der Waals surface area contributed by atoms with Crippen LogP contribution in [0, 0.1) is 5.82 Å². The molecular weight excluding hydrogens is 201 g/mol. The number of halogens is 1. The maximum Gasteiger partial charge on any atom is 0.123 e. The fourth-order valence-corrected chi connectivity index (χ4v) is 1.63. The summed E-state index contributed by atoms with van der Waals surface area (Å²) in [6.45, 7) is 6.48. The number of benzene rings is 1. The Morgan fingerprint density at radius 1 is 0.938 bits per heavy atom. The Balaban J connectivity index is 2.35. The third-order valence-corrected chi connectivity index (χ3v) is 2.65. The van der Waals surface area contributed by atoms with Gasteiger partial charge in [-0.05, 0) is 42.0 Å². The van der Waals surface area contributed by atoms with Crippen LogP contribution >= 0.6 is 0 Å². The van der Waals surface area contributed by atoms with E-state index in [2.05, 4.69) is 31.8 Å². The molecule has 84 valence electrons. The van der Waals surface area contributed by atoms with Crippen LogP contribution in [0.2, 0.25) is 0 Å². The summed E-state index contributed by atoms with van der Waals surface area (Å²) in [6.07, 6.45) is 0. The van der Waals surface area contributed by atoms with Crippen LogP contribution in [0.25, 0.3) is 11.3 Å². The molecule has 0 bridgehead atoms. The lowest BCUT2D eigenvalue weighted by molar-refractivity contribution is 0.573. The van der Waals surface area contributed by atoms with E-state index in [1.54, 1.807) is 12.1 Å². The summed E-state index contributed by atoms with van der Waals surface area (Å²) in [4.78, 5) is 3.37. The second kappa shape index (κ2) is 3.78. The van der Waals surface area contributed by atoms with Gasteiger partial charge in [-0.2, -0.15) is 0 Å². The highest BCUT2D eigenvalue weighted by molar-refractivity contribution is 5.60. The number of hydrogen-bond acceptors (Lipinski definition) is 0. The molecule has 0 aliphatic rings. The summed E-state index contributed by atoms with van der Waals surface area (Å²) in [6, 6.07) is 10.6. The average molecular weight is 217 g/mol. The number of rotatable bonds is 1. The van der Waals surface area contributed by atoms with Crippen molar-refractivity contribution in [2.24, 2.45) is 0 Å². The summed E-state index contributed by atoms with van der Waals surface area (Å²) < 4.78 is 12.8. The molecule has 0 fully saturated rings. The first-order chi connectivity index (χ1) is 7.47. The third kappa shape index (κ3) is 2.16. The van der Waals surface area contributed by atoms with E-state index >= 15 is 0 Å². The van der Waals surface area contributed by atoms with Gasteiger partial charge in [-0.25, -0.2) is 4.39 Å². The second-order valence-corrected chi connectivity index (χ2v) is 5.04. The molecule has 2 heteroatoms. The Bertz CT molecular complexity index is 474. The number of H-pyrrole nitrogens is 1. The summed E-state index contributed by atoms with van der Waals surface area (Å²) in [5.74, 6) is -0.202. The van der Waals surface area contributed by atoms with Crippen LogP contribution in [-0.2, 0) is 5.41 Å². The van der Waals surface area contributed by atoms with E-state index in [4.69, 9.17) is 0 Å². The Labute approximate surface area is 95.3 Å². The largest absolute Gasteiger partial charge is 0.358 e. The quantitative estimate of drug-likeness (QED) is 0.739. The predicted octanol–water partition coefficient (Wildman–Crippen LogP) is 4.12. The number of aromatic nitrogens is 1. The molecular formula is C14H16FN. The first-order valence-electron chi connectivity index (χ1n) is 5.42. The van der Waals surface area contributed by atoms with E-state index in [1.165, 1.54) is 17.8 Å². The monoisotopic (exact) mass is 217 g/mol. The minimum absolute atomic E-state index is 0.109. The molecule has 0 radical (unpaired) electrons. The zero-order chi connectivity index (χ0) is 11.8. The standard InChI is InChI=1S/C14H16FN/c1-14(2,3)13-9-8-12(16-13)10-4-6-11(15)7-5-10/h4-9,16H,1-3H3. The van der Waals surface area contributed by atoms with Gasteiger partial charge in [-0.15, -0.1) is 0 Å². The Hall–Kier alpha value is -1.57. The van der Waals surface area contributed by atoms with Gasteiger partial charge in [-0.3, -0.25) is 0 Å². The van der Waals surface area contributed by atoms with Crippen molar-refractivity contribution in [2.75, 3.05) is 0 Å². The van der Waals surface area contributed by atoms with Gasteiger partial charge < -0.3 is 4.98 Å². The van der Waals surface area contributed by atoms with Crippen LogP contribution in [0.15, 0.2) is 36.4 Å². The minimum Gasteiger partial charge on any atom is -0.358 e. The molecule has 1 aromatic carbocycles. The highest BCUT2D eigenvalue weighted by Gasteiger charge is 2.15. The van der Waals surface area contributed by atoms with Crippen molar-refractivity contribution in [1.82, 2.24) is 4.98 Å². The fraction of sp³-hybridized carbons (Fsp3) is 0.286. The maximum atomic E-state index is 12.8. The highest BCUT2D eigenvalue weighted by Crippen LogP contribution is 2.25. The van der Waals surface area contributed by atoms with E-state index in [-0.39, 0.29) is 11.2 Å². The third-order valence-electron chi connectivity index (χ3n) is 2.65. The smallest absolute Gasteiger partial charge is 0.123 e. The minimum atomic E-state index is -0.202. The van der Waals surface area contributed by atoms with Gasteiger partial charge in [0, 0.05) is 16.8 Å². The Morgan fingerprint density at radius 3 is 2.06 bits per heavy atom. The lowest BCUT2D eigenvalue weighted by Crippen LogP contribution is -2.11. The van der Waals surface area contributed by atoms with Gasteiger partial charge in [0.05, 0.1) is 0 Å². The van der Waals surface area contributed by atoms with Gasteiger partial charge in [0.15, 0.2) is 0 Å². The average Bonchev–Trinajstić information content (AvgIpc) is 2.67. The van der Waals surface area contributed by atoms with Crippen LogP contribution in [0.3, 0.4) is 0 Å². The van der Waals surface area contributed by atoms with E-state index in [1.807, 2.05) is 6.07 Å².